The van der Waals surface area contributed by atoms with Crippen LogP contribution in [0, 0.1) is 0 Å². The average molecular weight is 704 g/mol. The zero-order valence-electron chi connectivity index (χ0n) is 29.8. The zero-order valence-corrected chi connectivity index (χ0v) is 29.8. The third-order valence-electron chi connectivity index (χ3n) is 10.9. The van der Waals surface area contributed by atoms with Gasteiger partial charge in [0, 0.05) is 44.5 Å². The number of furan rings is 2. The number of para-hydroxylation sites is 3. The Morgan fingerprint density at radius 1 is 0.309 bits per heavy atom. The summed E-state index contributed by atoms with van der Waals surface area (Å²) in [5.41, 5.74) is 13.7. The van der Waals surface area contributed by atoms with E-state index in [1.165, 1.54) is 27.5 Å². The molecule has 0 aliphatic heterocycles. The van der Waals surface area contributed by atoms with Crippen molar-refractivity contribution in [2.75, 3.05) is 4.90 Å². The van der Waals surface area contributed by atoms with E-state index in [0.717, 1.165) is 77.6 Å². The first-order valence-corrected chi connectivity index (χ1v) is 18.7. The van der Waals surface area contributed by atoms with Crippen molar-refractivity contribution in [3.05, 3.63) is 200 Å². The molecule has 0 N–H and O–H groups in total. The van der Waals surface area contributed by atoms with E-state index in [1.54, 1.807) is 0 Å². The lowest BCUT2D eigenvalue weighted by Crippen LogP contribution is -2.11. The first kappa shape index (κ1) is 31.2. The van der Waals surface area contributed by atoms with Crippen LogP contribution in [-0.2, 0) is 0 Å². The molecule has 0 saturated carbocycles. The number of benzene rings is 9. The summed E-state index contributed by atoms with van der Waals surface area (Å²) < 4.78 is 12.7. The summed E-state index contributed by atoms with van der Waals surface area (Å²) in [6, 6.07) is 71.0. The number of anilines is 3. The molecule has 3 heteroatoms. The van der Waals surface area contributed by atoms with Crippen LogP contribution in [0.1, 0.15) is 0 Å². The fraction of sp³-hybridized carbons (Fsp3) is 0. The highest BCUT2D eigenvalue weighted by atomic mass is 16.3. The zero-order chi connectivity index (χ0) is 36.3. The van der Waals surface area contributed by atoms with E-state index in [2.05, 4.69) is 181 Å². The first-order valence-electron chi connectivity index (χ1n) is 18.7. The maximum atomic E-state index is 6.46. The van der Waals surface area contributed by atoms with Crippen LogP contribution in [0.3, 0.4) is 0 Å². The van der Waals surface area contributed by atoms with Gasteiger partial charge < -0.3 is 13.7 Å². The highest BCUT2D eigenvalue weighted by molar-refractivity contribution is 6.13. The molecule has 2 aromatic heterocycles. The standard InChI is InChI=1S/C52H33NO2/c1-2-13-34(14-3-1)39-20-10-15-36-16-11-22-44(51(36)39)41-17-4-7-23-46(41)53(38-31-32-43-42-18-5-8-24-47(42)55-50(43)33-38)37-29-27-35(28-30-37)40-21-12-26-49-52(40)45-19-6-9-25-48(45)54-49/h1-33H. The summed E-state index contributed by atoms with van der Waals surface area (Å²) in [6.07, 6.45) is 0. The smallest absolute Gasteiger partial charge is 0.137 e. The second kappa shape index (κ2) is 12.6. The Balaban J connectivity index is 1.12. The van der Waals surface area contributed by atoms with Crippen molar-refractivity contribution in [1.29, 1.82) is 0 Å². The third-order valence-corrected chi connectivity index (χ3v) is 10.9. The van der Waals surface area contributed by atoms with Crippen molar-refractivity contribution >= 4 is 71.7 Å². The van der Waals surface area contributed by atoms with Gasteiger partial charge in [-0.25, -0.2) is 0 Å². The van der Waals surface area contributed by atoms with Crippen molar-refractivity contribution in [3.8, 4) is 33.4 Å². The largest absolute Gasteiger partial charge is 0.456 e. The Bertz CT molecular complexity index is 3200. The van der Waals surface area contributed by atoms with Crippen molar-refractivity contribution in [2.24, 2.45) is 0 Å². The SMILES string of the molecule is c1ccc(-c2cccc3cccc(-c4ccccc4N(c4ccc(-c5cccc6oc7ccccc7c56)cc4)c4ccc5c(c4)oc4ccccc45)c23)cc1. The average Bonchev–Trinajstić information content (AvgIpc) is 3.82. The molecule has 0 unspecified atom stereocenters. The molecule has 0 saturated heterocycles. The summed E-state index contributed by atoms with van der Waals surface area (Å²) in [5, 5.41) is 6.90. The van der Waals surface area contributed by atoms with Gasteiger partial charge in [-0.3, -0.25) is 0 Å². The molecule has 0 atom stereocenters. The number of hydrogen-bond acceptors (Lipinski definition) is 3. The molecule has 0 aliphatic rings. The Labute approximate surface area is 317 Å². The predicted octanol–water partition coefficient (Wildman–Crippen LogP) is 15.1. The quantitative estimate of drug-likeness (QED) is 0.173. The molecule has 11 aromatic rings. The second-order valence-electron chi connectivity index (χ2n) is 14.0. The monoisotopic (exact) mass is 703 g/mol. The second-order valence-corrected chi connectivity index (χ2v) is 14.0. The lowest BCUT2D eigenvalue weighted by atomic mass is 9.90. The van der Waals surface area contributed by atoms with E-state index < -0.39 is 0 Å². The van der Waals surface area contributed by atoms with Gasteiger partial charge in [-0.1, -0.05) is 146 Å². The lowest BCUT2D eigenvalue weighted by molar-refractivity contribution is 0.668. The molecule has 258 valence electrons. The molecular formula is C52H33NO2. The number of fused-ring (bicyclic) bond motifs is 7. The summed E-state index contributed by atoms with van der Waals surface area (Å²) >= 11 is 0. The van der Waals surface area contributed by atoms with E-state index in [1.807, 2.05) is 24.3 Å². The highest BCUT2D eigenvalue weighted by Gasteiger charge is 2.21. The van der Waals surface area contributed by atoms with E-state index in [0.29, 0.717) is 0 Å². The fourth-order valence-corrected chi connectivity index (χ4v) is 8.41. The Kier molecular flexibility index (Phi) is 7.17. The number of rotatable bonds is 6. The molecule has 55 heavy (non-hydrogen) atoms. The van der Waals surface area contributed by atoms with Crippen LogP contribution in [0.15, 0.2) is 209 Å². The van der Waals surface area contributed by atoms with Gasteiger partial charge in [0.1, 0.15) is 22.3 Å². The van der Waals surface area contributed by atoms with Gasteiger partial charge in [0.15, 0.2) is 0 Å². The number of hydrogen-bond donors (Lipinski definition) is 0. The maximum absolute atomic E-state index is 6.46. The molecule has 9 aromatic carbocycles. The van der Waals surface area contributed by atoms with Crippen LogP contribution in [0.25, 0.3) is 88.0 Å². The molecule has 0 radical (unpaired) electrons. The minimum absolute atomic E-state index is 0.854. The Hall–Kier alpha value is -7.36. The van der Waals surface area contributed by atoms with Crippen molar-refractivity contribution in [1.82, 2.24) is 0 Å². The van der Waals surface area contributed by atoms with E-state index >= 15 is 0 Å². The molecule has 3 nitrogen and oxygen atoms in total. The van der Waals surface area contributed by atoms with Gasteiger partial charge in [0.2, 0.25) is 0 Å². The summed E-state index contributed by atoms with van der Waals surface area (Å²) in [4.78, 5) is 2.36. The van der Waals surface area contributed by atoms with Gasteiger partial charge in [0.05, 0.1) is 5.69 Å². The molecule has 0 spiro atoms. The van der Waals surface area contributed by atoms with Crippen molar-refractivity contribution < 1.29 is 8.83 Å². The van der Waals surface area contributed by atoms with Gasteiger partial charge in [-0.05, 0) is 87.1 Å². The lowest BCUT2D eigenvalue weighted by Gasteiger charge is -2.28. The predicted molar refractivity (Wildman–Crippen MR) is 229 cm³/mol. The minimum atomic E-state index is 0.854. The fourth-order valence-electron chi connectivity index (χ4n) is 8.41. The molecule has 0 amide bonds. The molecule has 11 rings (SSSR count). The normalized spacial score (nSPS) is 11.6. The van der Waals surface area contributed by atoms with Gasteiger partial charge in [-0.15, -0.1) is 0 Å². The Morgan fingerprint density at radius 3 is 1.67 bits per heavy atom. The van der Waals surface area contributed by atoms with Gasteiger partial charge in [0.25, 0.3) is 0 Å². The first-order chi connectivity index (χ1) is 27.3. The van der Waals surface area contributed by atoms with Crippen molar-refractivity contribution in [3.63, 3.8) is 0 Å². The molecule has 0 fully saturated rings. The van der Waals surface area contributed by atoms with E-state index in [9.17, 15) is 0 Å². The van der Waals surface area contributed by atoms with E-state index in [4.69, 9.17) is 8.83 Å². The van der Waals surface area contributed by atoms with E-state index in [-0.39, 0.29) is 0 Å². The van der Waals surface area contributed by atoms with Gasteiger partial charge in [-0.2, -0.15) is 0 Å². The van der Waals surface area contributed by atoms with Gasteiger partial charge >= 0.3 is 0 Å². The van der Waals surface area contributed by atoms with Crippen LogP contribution in [0.4, 0.5) is 17.1 Å². The van der Waals surface area contributed by atoms with Crippen LogP contribution >= 0.6 is 0 Å². The highest BCUT2D eigenvalue weighted by Crippen LogP contribution is 2.46. The summed E-state index contributed by atoms with van der Waals surface area (Å²) in [7, 11) is 0. The molecular weight excluding hydrogens is 671 g/mol. The summed E-state index contributed by atoms with van der Waals surface area (Å²) in [6.45, 7) is 0. The molecule has 0 aliphatic carbocycles. The third kappa shape index (κ3) is 5.13. The maximum Gasteiger partial charge on any atom is 0.137 e. The van der Waals surface area contributed by atoms with Crippen LogP contribution in [-0.4, -0.2) is 0 Å². The topological polar surface area (TPSA) is 29.5 Å². The van der Waals surface area contributed by atoms with Crippen molar-refractivity contribution in [2.45, 2.75) is 0 Å². The van der Waals surface area contributed by atoms with Crippen LogP contribution in [0.5, 0.6) is 0 Å². The summed E-state index contributed by atoms with van der Waals surface area (Å²) in [5.74, 6) is 0. The van der Waals surface area contributed by atoms with Crippen LogP contribution < -0.4 is 4.90 Å². The van der Waals surface area contributed by atoms with Crippen LogP contribution in [0.2, 0.25) is 0 Å². The molecule has 0 bridgehead atoms. The number of nitrogens with zero attached hydrogens (tertiary/aromatic N) is 1. The Morgan fingerprint density at radius 2 is 0.855 bits per heavy atom. The molecule has 2 heterocycles. The minimum Gasteiger partial charge on any atom is -0.456 e.